The zero-order valence-corrected chi connectivity index (χ0v) is 23.2. The number of hydrogen-bond donors (Lipinski definition) is 2. The molecule has 1 unspecified atom stereocenters. The van der Waals surface area contributed by atoms with Crippen molar-refractivity contribution in [2.24, 2.45) is 0 Å². The zero-order valence-electron chi connectivity index (χ0n) is 23.2. The number of carbonyl (C=O) groups excluding carboxylic acids is 1. The molecule has 2 heterocycles. The predicted octanol–water partition coefficient (Wildman–Crippen LogP) is 7.10. The number of phenolic OH excluding ortho intramolecular Hbond substituents is 2. The number of fused-ring (bicyclic) bond motifs is 6. The van der Waals surface area contributed by atoms with Crippen LogP contribution >= 0.6 is 0 Å². The number of hydrogen-bond acceptors (Lipinski definition) is 7. The van der Waals surface area contributed by atoms with Gasteiger partial charge in [-0.05, 0) is 34.9 Å². The summed E-state index contributed by atoms with van der Waals surface area (Å²) in [6.07, 6.45) is 0. The van der Waals surface area contributed by atoms with E-state index in [-0.39, 0.29) is 24.7 Å². The van der Waals surface area contributed by atoms with Gasteiger partial charge >= 0.3 is 5.97 Å². The van der Waals surface area contributed by atoms with Crippen molar-refractivity contribution in [3.63, 3.8) is 0 Å². The van der Waals surface area contributed by atoms with Gasteiger partial charge in [-0.3, -0.25) is 0 Å². The van der Waals surface area contributed by atoms with E-state index >= 15 is 0 Å². The van der Waals surface area contributed by atoms with Crippen LogP contribution < -0.4 is 4.74 Å². The van der Waals surface area contributed by atoms with Gasteiger partial charge in [-0.2, -0.15) is 0 Å². The molecule has 1 atom stereocenters. The van der Waals surface area contributed by atoms with Crippen LogP contribution in [0.15, 0.2) is 109 Å². The summed E-state index contributed by atoms with van der Waals surface area (Å²) in [5, 5.41) is 21.7. The molecule has 43 heavy (non-hydrogen) atoms. The highest BCUT2D eigenvalue weighted by Gasteiger charge is 2.55. The van der Waals surface area contributed by atoms with Crippen LogP contribution in [0.4, 0.5) is 0 Å². The number of esters is 1. The molecule has 0 saturated carbocycles. The molecular formula is C36H28O7. The molecule has 0 amide bonds. The minimum absolute atomic E-state index is 0.00321. The highest BCUT2D eigenvalue weighted by molar-refractivity contribution is 5.97. The summed E-state index contributed by atoms with van der Waals surface area (Å²) in [7, 11) is 0. The van der Waals surface area contributed by atoms with Gasteiger partial charge in [0.25, 0.3) is 0 Å². The van der Waals surface area contributed by atoms with Gasteiger partial charge in [-0.25, -0.2) is 4.79 Å². The highest BCUT2D eigenvalue weighted by atomic mass is 16.6. The van der Waals surface area contributed by atoms with Crippen LogP contribution in [0.25, 0.3) is 0 Å². The van der Waals surface area contributed by atoms with Crippen molar-refractivity contribution in [1.29, 1.82) is 0 Å². The maximum atomic E-state index is 13.4. The third-order valence-electron chi connectivity index (χ3n) is 7.89. The summed E-state index contributed by atoms with van der Waals surface area (Å²) >= 11 is 0. The Bertz CT molecular complexity index is 1820. The van der Waals surface area contributed by atoms with E-state index in [1.807, 2.05) is 72.8 Å². The zero-order chi connectivity index (χ0) is 29.4. The SMILES string of the molecule is O=C1OC2(c3ccc(O)cc3Oc3cc(O)c(COCc4ccccc4)c(COCc4ccccc4)c32)c2ccccc21. The molecule has 0 fully saturated rings. The second-order valence-corrected chi connectivity index (χ2v) is 10.6. The van der Waals surface area contributed by atoms with Crippen molar-refractivity contribution in [2.75, 3.05) is 0 Å². The smallest absolute Gasteiger partial charge is 0.340 e. The largest absolute Gasteiger partial charge is 0.508 e. The molecule has 5 aromatic rings. The molecule has 1 spiro atoms. The van der Waals surface area contributed by atoms with Crippen LogP contribution in [0.1, 0.15) is 49.3 Å². The monoisotopic (exact) mass is 572 g/mol. The van der Waals surface area contributed by atoms with Crippen molar-refractivity contribution in [1.82, 2.24) is 0 Å². The van der Waals surface area contributed by atoms with Gasteiger partial charge in [0, 0.05) is 28.8 Å². The van der Waals surface area contributed by atoms with Gasteiger partial charge in [-0.1, -0.05) is 78.9 Å². The quantitative estimate of drug-likeness (QED) is 0.192. The summed E-state index contributed by atoms with van der Waals surface area (Å²) in [5.41, 5.74) is 3.86. The Kier molecular flexibility index (Phi) is 6.81. The van der Waals surface area contributed by atoms with Gasteiger partial charge in [0.1, 0.15) is 23.0 Å². The fourth-order valence-corrected chi connectivity index (χ4v) is 5.96. The maximum absolute atomic E-state index is 13.4. The summed E-state index contributed by atoms with van der Waals surface area (Å²) in [6.45, 7) is 0.813. The first kappa shape index (κ1) is 26.8. The van der Waals surface area contributed by atoms with Gasteiger partial charge in [-0.15, -0.1) is 0 Å². The van der Waals surface area contributed by atoms with Crippen molar-refractivity contribution in [2.45, 2.75) is 32.0 Å². The third-order valence-corrected chi connectivity index (χ3v) is 7.89. The van der Waals surface area contributed by atoms with E-state index in [0.29, 0.717) is 58.1 Å². The predicted molar refractivity (Wildman–Crippen MR) is 158 cm³/mol. The first-order chi connectivity index (χ1) is 21.0. The molecule has 5 aromatic carbocycles. The third kappa shape index (κ3) is 4.69. The van der Waals surface area contributed by atoms with E-state index < -0.39 is 11.6 Å². The van der Waals surface area contributed by atoms with Crippen LogP contribution in [-0.2, 0) is 46.2 Å². The molecule has 0 aliphatic carbocycles. The van der Waals surface area contributed by atoms with Gasteiger partial charge < -0.3 is 29.2 Å². The average molecular weight is 573 g/mol. The lowest BCUT2D eigenvalue weighted by Gasteiger charge is -2.38. The van der Waals surface area contributed by atoms with Crippen LogP contribution in [0.5, 0.6) is 23.0 Å². The summed E-state index contributed by atoms with van der Waals surface area (Å²) in [5.74, 6) is 0.0949. The lowest BCUT2D eigenvalue weighted by Crippen LogP contribution is -2.35. The number of ether oxygens (including phenoxy) is 4. The summed E-state index contributed by atoms with van der Waals surface area (Å²) in [6, 6.07) is 33.0. The topological polar surface area (TPSA) is 94.5 Å². The van der Waals surface area contributed by atoms with E-state index in [2.05, 4.69) is 0 Å². The Morgan fingerprint density at radius 1 is 0.628 bits per heavy atom. The van der Waals surface area contributed by atoms with Crippen LogP contribution in [0.2, 0.25) is 0 Å². The molecular weight excluding hydrogens is 544 g/mol. The van der Waals surface area contributed by atoms with E-state index in [1.54, 1.807) is 24.3 Å². The van der Waals surface area contributed by atoms with Crippen molar-refractivity contribution in [3.05, 3.63) is 154 Å². The standard InChI is InChI=1S/C36H28O7/c37-25-15-16-30-32(17-25)42-33-18-31(38)27(21-40-19-23-9-3-1-4-10-23)28(22-41-20-24-11-5-2-6-12-24)34(33)36(30)29-14-8-7-13-26(29)35(39)43-36/h1-18,37-38H,19-22H2. The highest BCUT2D eigenvalue weighted by Crippen LogP contribution is 2.59. The molecule has 2 N–H and O–H groups in total. The molecule has 7 rings (SSSR count). The fourth-order valence-electron chi connectivity index (χ4n) is 5.96. The molecule has 2 aliphatic rings. The number of benzene rings is 5. The average Bonchev–Trinajstić information content (AvgIpc) is 3.31. The van der Waals surface area contributed by atoms with Gasteiger partial charge in [0.05, 0.1) is 37.6 Å². The summed E-state index contributed by atoms with van der Waals surface area (Å²) < 4.78 is 25.0. The maximum Gasteiger partial charge on any atom is 0.340 e. The van der Waals surface area contributed by atoms with Crippen LogP contribution in [-0.4, -0.2) is 16.2 Å². The molecule has 0 radical (unpaired) electrons. The molecule has 0 saturated heterocycles. The molecule has 214 valence electrons. The second-order valence-electron chi connectivity index (χ2n) is 10.6. The Morgan fingerprint density at radius 2 is 1.26 bits per heavy atom. The lowest BCUT2D eigenvalue weighted by atomic mass is 9.75. The first-order valence-corrected chi connectivity index (χ1v) is 14.0. The van der Waals surface area contributed by atoms with Crippen LogP contribution in [0.3, 0.4) is 0 Å². The Morgan fingerprint density at radius 3 is 1.95 bits per heavy atom. The molecule has 7 nitrogen and oxygen atoms in total. The fraction of sp³-hybridized carbons (Fsp3) is 0.139. The van der Waals surface area contributed by atoms with E-state index in [4.69, 9.17) is 18.9 Å². The number of aromatic hydroxyl groups is 2. The minimum Gasteiger partial charge on any atom is -0.508 e. The van der Waals surface area contributed by atoms with E-state index in [0.717, 1.165) is 11.1 Å². The lowest BCUT2D eigenvalue weighted by molar-refractivity contribution is 0.0207. The molecule has 7 heteroatoms. The van der Waals surface area contributed by atoms with E-state index in [9.17, 15) is 15.0 Å². The number of phenols is 2. The normalized spacial score (nSPS) is 16.2. The van der Waals surface area contributed by atoms with Gasteiger partial charge in [0.15, 0.2) is 5.60 Å². The van der Waals surface area contributed by atoms with Gasteiger partial charge in [0.2, 0.25) is 0 Å². The molecule has 0 bridgehead atoms. The Balaban J connectivity index is 1.39. The summed E-state index contributed by atoms with van der Waals surface area (Å²) in [4.78, 5) is 13.4. The van der Waals surface area contributed by atoms with Crippen molar-refractivity contribution >= 4 is 5.97 Å². The minimum atomic E-state index is -1.41. The molecule has 2 aliphatic heterocycles. The number of carbonyl (C=O) groups is 1. The Labute approximate surface area is 248 Å². The second kappa shape index (κ2) is 10.9. The van der Waals surface area contributed by atoms with E-state index in [1.165, 1.54) is 12.1 Å². The van der Waals surface area contributed by atoms with Crippen molar-refractivity contribution in [3.8, 4) is 23.0 Å². The van der Waals surface area contributed by atoms with Crippen LogP contribution in [0, 0.1) is 0 Å². The number of rotatable bonds is 8. The Hall–Kier alpha value is -5.11. The first-order valence-electron chi connectivity index (χ1n) is 14.0. The van der Waals surface area contributed by atoms with Crippen molar-refractivity contribution < 1.29 is 34.0 Å². The molecule has 0 aromatic heterocycles.